The van der Waals surface area contributed by atoms with E-state index in [2.05, 4.69) is 15.4 Å². The fourth-order valence-electron chi connectivity index (χ4n) is 3.28. The SMILES string of the molecule is COC(=O)[C@@H]1CCCN1S(=O)(=O)c1ccc(NC(=O)Nc2ccc(C(F)(F)F)cc2)cc1. The molecule has 1 aliphatic heterocycles. The molecule has 12 heteroatoms. The van der Waals surface area contributed by atoms with Gasteiger partial charge in [-0.2, -0.15) is 17.5 Å². The molecule has 1 fully saturated rings. The summed E-state index contributed by atoms with van der Waals surface area (Å²) in [6, 6.07) is 7.63. The number of carbonyl (C=O) groups is 2. The van der Waals surface area contributed by atoms with Gasteiger partial charge in [0.1, 0.15) is 6.04 Å². The van der Waals surface area contributed by atoms with Crippen molar-refractivity contribution in [3.8, 4) is 0 Å². The van der Waals surface area contributed by atoms with Crippen molar-refractivity contribution in [1.82, 2.24) is 4.31 Å². The van der Waals surface area contributed by atoms with Crippen LogP contribution in [0.15, 0.2) is 53.4 Å². The van der Waals surface area contributed by atoms with Crippen LogP contribution in [0.4, 0.5) is 29.3 Å². The number of carbonyl (C=O) groups excluding carboxylic acids is 2. The largest absolute Gasteiger partial charge is 0.468 e. The molecule has 2 aromatic rings. The fourth-order valence-corrected chi connectivity index (χ4v) is 4.93. The summed E-state index contributed by atoms with van der Waals surface area (Å²) in [6.45, 7) is 0.192. The second-order valence-electron chi connectivity index (χ2n) is 6.98. The van der Waals surface area contributed by atoms with E-state index >= 15 is 0 Å². The van der Waals surface area contributed by atoms with Crippen LogP contribution in [0.5, 0.6) is 0 Å². The predicted octanol–water partition coefficient (Wildman–Crippen LogP) is 3.68. The Morgan fingerprint density at radius 2 is 1.53 bits per heavy atom. The van der Waals surface area contributed by atoms with Gasteiger partial charge in [0, 0.05) is 17.9 Å². The molecule has 0 radical (unpaired) electrons. The summed E-state index contributed by atoms with van der Waals surface area (Å²) < 4.78 is 69.3. The van der Waals surface area contributed by atoms with E-state index in [0.29, 0.717) is 12.8 Å². The summed E-state index contributed by atoms with van der Waals surface area (Å²) >= 11 is 0. The highest BCUT2D eigenvalue weighted by atomic mass is 32.2. The Morgan fingerprint density at radius 3 is 2.03 bits per heavy atom. The smallest absolute Gasteiger partial charge is 0.416 e. The normalized spacial score (nSPS) is 17.1. The number of amides is 2. The topological polar surface area (TPSA) is 105 Å². The Balaban J connectivity index is 1.65. The number of nitrogens with one attached hydrogen (secondary N) is 2. The minimum Gasteiger partial charge on any atom is -0.468 e. The summed E-state index contributed by atoms with van der Waals surface area (Å²) in [7, 11) is -2.74. The molecule has 3 rings (SSSR count). The number of esters is 1. The van der Waals surface area contributed by atoms with Gasteiger partial charge in [0.05, 0.1) is 17.6 Å². The number of alkyl halides is 3. The maximum atomic E-state index is 12.9. The minimum atomic E-state index is -4.48. The maximum absolute atomic E-state index is 12.9. The van der Waals surface area contributed by atoms with Gasteiger partial charge in [0.2, 0.25) is 10.0 Å². The Kier molecular flexibility index (Phi) is 6.74. The molecule has 1 atom stereocenters. The molecule has 2 aromatic carbocycles. The molecule has 0 spiro atoms. The van der Waals surface area contributed by atoms with Crippen molar-refractivity contribution < 1.29 is 35.9 Å². The minimum absolute atomic E-state index is 0.0537. The fraction of sp³-hybridized carbons (Fsp3) is 0.300. The number of anilines is 2. The first kappa shape index (κ1) is 23.5. The number of urea groups is 1. The first-order chi connectivity index (χ1) is 15.0. The summed E-state index contributed by atoms with van der Waals surface area (Å²) in [5, 5.41) is 4.85. The second kappa shape index (κ2) is 9.17. The lowest BCUT2D eigenvalue weighted by Gasteiger charge is -2.22. The highest BCUT2D eigenvalue weighted by Gasteiger charge is 2.40. The average Bonchev–Trinajstić information content (AvgIpc) is 3.24. The second-order valence-corrected chi connectivity index (χ2v) is 8.87. The molecule has 0 bridgehead atoms. The van der Waals surface area contributed by atoms with E-state index < -0.39 is 39.8 Å². The zero-order valence-corrected chi connectivity index (χ0v) is 17.7. The van der Waals surface area contributed by atoms with Gasteiger partial charge < -0.3 is 15.4 Å². The van der Waals surface area contributed by atoms with Gasteiger partial charge >= 0.3 is 18.2 Å². The van der Waals surface area contributed by atoms with Crippen molar-refractivity contribution in [3.63, 3.8) is 0 Å². The summed E-state index contributed by atoms with van der Waals surface area (Å²) in [4.78, 5) is 23.9. The Bertz CT molecular complexity index is 1090. The summed E-state index contributed by atoms with van der Waals surface area (Å²) in [6.07, 6.45) is -3.58. The number of sulfonamides is 1. The van der Waals surface area contributed by atoms with Crippen LogP contribution in [0, 0.1) is 0 Å². The molecule has 0 aliphatic carbocycles. The van der Waals surface area contributed by atoms with E-state index in [1.165, 1.54) is 31.4 Å². The van der Waals surface area contributed by atoms with Crippen LogP contribution < -0.4 is 10.6 Å². The van der Waals surface area contributed by atoms with E-state index in [-0.39, 0.29) is 22.8 Å². The Hall–Kier alpha value is -3.12. The van der Waals surface area contributed by atoms with Gasteiger partial charge in [-0.25, -0.2) is 13.2 Å². The number of benzene rings is 2. The number of methoxy groups -OCH3 is 1. The third-order valence-electron chi connectivity index (χ3n) is 4.87. The van der Waals surface area contributed by atoms with Crippen LogP contribution >= 0.6 is 0 Å². The van der Waals surface area contributed by atoms with E-state index in [1.54, 1.807) is 0 Å². The zero-order valence-electron chi connectivity index (χ0n) is 16.8. The van der Waals surface area contributed by atoms with Gasteiger partial charge in [0.15, 0.2) is 0 Å². The van der Waals surface area contributed by atoms with Gasteiger partial charge in [-0.05, 0) is 61.4 Å². The Labute approximate surface area is 182 Å². The van der Waals surface area contributed by atoms with Gasteiger partial charge in [-0.15, -0.1) is 0 Å². The molecule has 2 amide bonds. The van der Waals surface area contributed by atoms with Crippen molar-refractivity contribution in [3.05, 3.63) is 54.1 Å². The molecule has 1 heterocycles. The first-order valence-electron chi connectivity index (χ1n) is 9.47. The van der Waals surface area contributed by atoms with Crippen LogP contribution in [0.1, 0.15) is 18.4 Å². The van der Waals surface area contributed by atoms with E-state index in [1.807, 2.05) is 0 Å². The molecule has 8 nitrogen and oxygen atoms in total. The standard InChI is InChI=1S/C20H20F3N3O5S/c1-31-18(27)17-3-2-12-26(17)32(29,30)16-10-8-15(9-11-16)25-19(28)24-14-6-4-13(5-7-14)20(21,22)23/h4-11,17H,2-3,12H2,1H3,(H2,24,25,28)/t17-/m0/s1. The van der Waals surface area contributed by atoms with E-state index in [4.69, 9.17) is 0 Å². The number of hydrogen-bond donors (Lipinski definition) is 2. The number of nitrogens with zero attached hydrogens (tertiary/aromatic N) is 1. The molecule has 1 saturated heterocycles. The molecule has 2 N–H and O–H groups in total. The van der Waals surface area contributed by atoms with Crippen LogP contribution in [0.25, 0.3) is 0 Å². The number of halogens is 3. The highest BCUT2D eigenvalue weighted by Crippen LogP contribution is 2.30. The third kappa shape index (κ3) is 5.19. The number of rotatable bonds is 5. The molecular weight excluding hydrogens is 451 g/mol. The number of ether oxygens (including phenoxy) is 1. The van der Waals surface area contributed by atoms with Crippen molar-refractivity contribution in [2.45, 2.75) is 30.0 Å². The Morgan fingerprint density at radius 1 is 1.00 bits per heavy atom. The van der Waals surface area contributed by atoms with E-state index in [0.717, 1.165) is 28.6 Å². The van der Waals surface area contributed by atoms with Crippen molar-refractivity contribution >= 4 is 33.4 Å². The van der Waals surface area contributed by atoms with Crippen molar-refractivity contribution in [2.24, 2.45) is 0 Å². The van der Waals surface area contributed by atoms with E-state index in [9.17, 15) is 31.2 Å². The third-order valence-corrected chi connectivity index (χ3v) is 6.79. The van der Waals surface area contributed by atoms with Gasteiger partial charge in [0.25, 0.3) is 0 Å². The molecule has 1 aliphatic rings. The predicted molar refractivity (Wildman–Crippen MR) is 109 cm³/mol. The van der Waals surface area contributed by atoms with Crippen LogP contribution in [-0.4, -0.2) is 44.4 Å². The van der Waals surface area contributed by atoms with Gasteiger partial charge in [-0.1, -0.05) is 0 Å². The zero-order chi connectivity index (χ0) is 23.5. The lowest BCUT2D eigenvalue weighted by Crippen LogP contribution is -2.41. The molecule has 0 unspecified atom stereocenters. The molecule has 172 valence electrons. The first-order valence-corrected chi connectivity index (χ1v) is 10.9. The lowest BCUT2D eigenvalue weighted by atomic mass is 10.2. The maximum Gasteiger partial charge on any atom is 0.416 e. The molecule has 32 heavy (non-hydrogen) atoms. The lowest BCUT2D eigenvalue weighted by molar-refractivity contribution is -0.144. The molecular formula is C20H20F3N3O5S. The summed E-state index contributed by atoms with van der Waals surface area (Å²) in [5.41, 5.74) is -0.426. The van der Waals surface area contributed by atoms with Crippen LogP contribution in [0.2, 0.25) is 0 Å². The van der Waals surface area contributed by atoms with Crippen LogP contribution in [0.3, 0.4) is 0 Å². The molecule has 0 aromatic heterocycles. The van der Waals surface area contributed by atoms with Crippen molar-refractivity contribution in [1.29, 1.82) is 0 Å². The van der Waals surface area contributed by atoms with Gasteiger partial charge in [-0.3, -0.25) is 4.79 Å². The number of hydrogen-bond acceptors (Lipinski definition) is 5. The van der Waals surface area contributed by atoms with Crippen molar-refractivity contribution in [2.75, 3.05) is 24.3 Å². The highest BCUT2D eigenvalue weighted by molar-refractivity contribution is 7.89. The average molecular weight is 471 g/mol. The van der Waals surface area contributed by atoms with Crippen LogP contribution in [-0.2, 0) is 25.7 Å². The summed E-state index contributed by atoms with van der Waals surface area (Å²) in [5.74, 6) is -0.621. The molecule has 0 saturated carbocycles. The monoisotopic (exact) mass is 471 g/mol. The quantitative estimate of drug-likeness (QED) is 0.648.